The number of hydrogen-bond acceptors (Lipinski definition) is 2. The lowest BCUT2D eigenvalue weighted by atomic mass is 9.93. The molecule has 0 bridgehead atoms. The van der Waals surface area contributed by atoms with Crippen LogP contribution >= 0.6 is 15.9 Å². The number of hydrogen-bond donors (Lipinski definition) is 1. The van der Waals surface area contributed by atoms with Gasteiger partial charge in [-0.05, 0) is 55.0 Å². The lowest BCUT2D eigenvalue weighted by Gasteiger charge is -2.19. The standard InChI is InChI=1S/C14H22BrNO/c1-9(2)12-8-13(15)10(3)11(6-5-7-16)14(12)17-4/h8-9H,5-7,16H2,1-4H3. The number of methoxy groups -OCH3 is 1. The fourth-order valence-electron chi connectivity index (χ4n) is 2.05. The minimum Gasteiger partial charge on any atom is -0.496 e. The highest BCUT2D eigenvalue weighted by Crippen LogP contribution is 2.37. The van der Waals surface area contributed by atoms with Gasteiger partial charge in [-0.2, -0.15) is 0 Å². The molecule has 0 aliphatic carbocycles. The van der Waals surface area contributed by atoms with Crippen LogP contribution in [0, 0.1) is 6.92 Å². The molecular weight excluding hydrogens is 278 g/mol. The predicted molar refractivity (Wildman–Crippen MR) is 76.9 cm³/mol. The van der Waals surface area contributed by atoms with Gasteiger partial charge in [0.1, 0.15) is 5.75 Å². The Hall–Kier alpha value is -0.540. The quantitative estimate of drug-likeness (QED) is 0.898. The minimum atomic E-state index is 0.457. The van der Waals surface area contributed by atoms with Gasteiger partial charge < -0.3 is 10.5 Å². The Morgan fingerprint density at radius 2 is 2.06 bits per heavy atom. The molecule has 0 radical (unpaired) electrons. The summed E-state index contributed by atoms with van der Waals surface area (Å²) in [5.74, 6) is 1.49. The first-order valence-electron chi connectivity index (χ1n) is 6.08. The van der Waals surface area contributed by atoms with Crippen molar-refractivity contribution in [1.29, 1.82) is 0 Å². The molecule has 0 aromatic heterocycles. The molecule has 3 heteroatoms. The molecular formula is C14H22BrNO. The molecule has 0 aliphatic heterocycles. The van der Waals surface area contributed by atoms with Gasteiger partial charge in [0.15, 0.2) is 0 Å². The number of benzene rings is 1. The van der Waals surface area contributed by atoms with Gasteiger partial charge in [-0.3, -0.25) is 0 Å². The van der Waals surface area contributed by atoms with E-state index in [1.54, 1.807) is 7.11 Å². The maximum atomic E-state index is 5.61. The van der Waals surface area contributed by atoms with E-state index in [2.05, 4.69) is 42.8 Å². The second kappa shape index (κ2) is 6.41. The summed E-state index contributed by atoms with van der Waals surface area (Å²) in [5.41, 5.74) is 9.41. The zero-order valence-corrected chi connectivity index (χ0v) is 12.7. The van der Waals surface area contributed by atoms with Crippen molar-refractivity contribution in [3.05, 3.63) is 27.2 Å². The molecule has 0 aliphatic rings. The maximum absolute atomic E-state index is 5.61. The third kappa shape index (κ3) is 3.23. The van der Waals surface area contributed by atoms with E-state index < -0.39 is 0 Å². The van der Waals surface area contributed by atoms with Crippen molar-refractivity contribution >= 4 is 15.9 Å². The Balaban J connectivity index is 3.31. The first-order valence-corrected chi connectivity index (χ1v) is 6.88. The molecule has 1 rings (SSSR count). The molecule has 0 unspecified atom stereocenters. The first-order chi connectivity index (χ1) is 8.02. The second-order valence-corrected chi connectivity index (χ2v) is 5.49. The SMILES string of the molecule is COc1c(C(C)C)cc(Br)c(C)c1CCCN. The summed E-state index contributed by atoms with van der Waals surface area (Å²) in [5, 5.41) is 0. The molecule has 2 nitrogen and oxygen atoms in total. The van der Waals surface area contributed by atoms with E-state index >= 15 is 0 Å². The van der Waals surface area contributed by atoms with Crippen LogP contribution in [0.25, 0.3) is 0 Å². The van der Waals surface area contributed by atoms with Crippen LogP contribution in [0.3, 0.4) is 0 Å². The van der Waals surface area contributed by atoms with Crippen molar-refractivity contribution in [3.8, 4) is 5.75 Å². The number of ether oxygens (including phenoxy) is 1. The lowest BCUT2D eigenvalue weighted by Crippen LogP contribution is -2.06. The van der Waals surface area contributed by atoms with Crippen molar-refractivity contribution in [2.75, 3.05) is 13.7 Å². The number of rotatable bonds is 5. The summed E-state index contributed by atoms with van der Waals surface area (Å²) in [6.07, 6.45) is 1.97. The van der Waals surface area contributed by atoms with Gasteiger partial charge in [0, 0.05) is 4.47 Å². The molecule has 1 aromatic carbocycles. The molecule has 0 atom stereocenters. The zero-order chi connectivity index (χ0) is 13.0. The topological polar surface area (TPSA) is 35.2 Å². The number of nitrogens with two attached hydrogens (primary N) is 1. The monoisotopic (exact) mass is 299 g/mol. The van der Waals surface area contributed by atoms with Crippen molar-refractivity contribution < 1.29 is 4.74 Å². The van der Waals surface area contributed by atoms with Gasteiger partial charge in [-0.15, -0.1) is 0 Å². The summed E-state index contributed by atoms with van der Waals surface area (Å²) in [6.45, 7) is 7.22. The summed E-state index contributed by atoms with van der Waals surface area (Å²) < 4.78 is 6.77. The van der Waals surface area contributed by atoms with E-state index in [0.29, 0.717) is 12.5 Å². The summed E-state index contributed by atoms with van der Waals surface area (Å²) in [6, 6.07) is 2.17. The van der Waals surface area contributed by atoms with Crippen molar-refractivity contribution in [1.82, 2.24) is 0 Å². The van der Waals surface area contributed by atoms with Gasteiger partial charge in [-0.1, -0.05) is 29.8 Å². The van der Waals surface area contributed by atoms with Crippen LogP contribution in [0.2, 0.25) is 0 Å². The normalized spacial score (nSPS) is 11.0. The fraction of sp³-hybridized carbons (Fsp3) is 0.571. The van der Waals surface area contributed by atoms with Gasteiger partial charge in [0.05, 0.1) is 7.11 Å². The molecule has 96 valence electrons. The van der Waals surface area contributed by atoms with Gasteiger partial charge in [-0.25, -0.2) is 0 Å². The molecule has 17 heavy (non-hydrogen) atoms. The van der Waals surface area contributed by atoms with E-state index in [9.17, 15) is 0 Å². The summed E-state index contributed by atoms with van der Waals surface area (Å²) in [4.78, 5) is 0. The largest absolute Gasteiger partial charge is 0.496 e. The molecule has 0 saturated carbocycles. The average Bonchev–Trinajstić information content (AvgIpc) is 2.30. The molecule has 0 fully saturated rings. The Bertz CT molecular complexity index is 388. The zero-order valence-electron chi connectivity index (χ0n) is 11.1. The Labute approximate surface area is 113 Å². The van der Waals surface area contributed by atoms with Gasteiger partial charge in [0.25, 0.3) is 0 Å². The minimum absolute atomic E-state index is 0.457. The Kier molecular flexibility index (Phi) is 5.47. The van der Waals surface area contributed by atoms with Crippen molar-refractivity contribution in [2.45, 2.75) is 39.5 Å². The van der Waals surface area contributed by atoms with E-state index in [1.165, 1.54) is 16.7 Å². The van der Waals surface area contributed by atoms with E-state index in [-0.39, 0.29) is 0 Å². The second-order valence-electron chi connectivity index (χ2n) is 4.63. The van der Waals surface area contributed by atoms with Crippen molar-refractivity contribution in [3.63, 3.8) is 0 Å². The van der Waals surface area contributed by atoms with Crippen molar-refractivity contribution in [2.24, 2.45) is 5.73 Å². The highest BCUT2D eigenvalue weighted by atomic mass is 79.9. The molecule has 1 aromatic rings. The van der Waals surface area contributed by atoms with Gasteiger partial charge in [0.2, 0.25) is 0 Å². The first kappa shape index (κ1) is 14.5. The molecule has 0 heterocycles. The third-order valence-electron chi connectivity index (χ3n) is 3.09. The van der Waals surface area contributed by atoms with Crippen LogP contribution in [0.15, 0.2) is 10.5 Å². The van der Waals surface area contributed by atoms with Crippen LogP contribution < -0.4 is 10.5 Å². The lowest BCUT2D eigenvalue weighted by molar-refractivity contribution is 0.401. The van der Waals surface area contributed by atoms with E-state index in [4.69, 9.17) is 10.5 Å². The molecule has 0 saturated heterocycles. The summed E-state index contributed by atoms with van der Waals surface area (Å²) >= 11 is 3.63. The highest BCUT2D eigenvalue weighted by molar-refractivity contribution is 9.10. The smallest absolute Gasteiger partial charge is 0.125 e. The van der Waals surface area contributed by atoms with Crippen LogP contribution in [-0.2, 0) is 6.42 Å². The van der Waals surface area contributed by atoms with E-state index in [0.717, 1.165) is 23.1 Å². The molecule has 0 spiro atoms. The van der Waals surface area contributed by atoms with Gasteiger partial charge >= 0.3 is 0 Å². The predicted octanol–water partition coefficient (Wildman–Crippen LogP) is 3.78. The highest BCUT2D eigenvalue weighted by Gasteiger charge is 2.16. The number of halogens is 1. The fourth-order valence-corrected chi connectivity index (χ4v) is 2.53. The summed E-state index contributed by atoms with van der Waals surface area (Å²) in [7, 11) is 1.75. The maximum Gasteiger partial charge on any atom is 0.125 e. The van der Waals surface area contributed by atoms with E-state index in [1.807, 2.05) is 0 Å². The molecule has 0 amide bonds. The molecule has 2 N–H and O–H groups in total. The Morgan fingerprint density at radius 1 is 1.41 bits per heavy atom. The third-order valence-corrected chi connectivity index (χ3v) is 3.91. The van der Waals surface area contributed by atoms with Crippen LogP contribution in [0.1, 0.15) is 42.9 Å². The Morgan fingerprint density at radius 3 is 2.53 bits per heavy atom. The van der Waals surface area contributed by atoms with Crippen LogP contribution in [-0.4, -0.2) is 13.7 Å². The van der Waals surface area contributed by atoms with Crippen LogP contribution in [0.4, 0.5) is 0 Å². The van der Waals surface area contributed by atoms with Crippen LogP contribution in [0.5, 0.6) is 5.75 Å². The average molecular weight is 300 g/mol.